The molecular formula is C17H28ClNOS. The number of hydrogen-bond acceptors (Lipinski definition) is 3. The third-order valence-corrected chi connectivity index (χ3v) is 5.84. The maximum absolute atomic E-state index is 6.45. The number of hydrogen-bond donors (Lipinski definition) is 1. The summed E-state index contributed by atoms with van der Waals surface area (Å²) in [4.78, 5) is 1.25. The second kappa shape index (κ2) is 8.52. The summed E-state index contributed by atoms with van der Waals surface area (Å²) in [6.45, 7) is 6.10. The van der Waals surface area contributed by atoms with Gasteiger partial charge in [0.05, 0.1) is 16.7 Å². The van der Waals surface area contributed by atoms with Gasteiger partial charge in [-0.1, -0.05) is 44.2 Å². The Morgan fingerprint density at radius 1 is 1.29 bits per heavy atom. The van der Waals surface area contributed by atoms with Crippen LogP contribution in [-0.2, 0) is 4.74 Å². The number of nitrogens with one attached hydrogen (secondary N) is 1. The van der Waals surface area contributed by atoms with Crippen molar-refractivity contribution >= 4 is 22.9 Å². The molecule has 4 heteroatoms. The minimum Gasteiger partial charge on any atom is -0.373 e. The zero-order valence-corrected chi connectivity index (χ0v) is 14.9. The number of halogens is 1. The van der Waals surface area contributed by atoms with Crippen LogP contribution < -0.4 is 5.32 Å². The standard InChI is InChI=1S/C17H28ClNOS/c1-3-12-19-16(15-14(18)9-13-21-15)17(20-4-2)10-7-5-6-8-11-17/h9,13,16,19H,3-8,10-12H2,1-2H3. The van der Waals surface area contributed by atoms with E-state index in [9.17, 15) is 0 Å². The summed E-state index contributed by atoms with van der Waals surface area (Å²) in [6.07, 6.45) is 8.57. The lowest BCUT2D eigenvalue weighted by Gasteiger charge is -2.40. The first kappa shape index (κ1) is 17.3. The molecule has 0 aromatic carbocycles. The molecule has 1 aliphatic carbocycles. The highest BCUT2D eigenvalue weighted by atomic mass is 35.5. The Morgan fingerprint density at radius 3 is 2.52 bits per heavy atom. The van der Waals surface area contributed by atoms with Crippen LogP contribution in [0, 0.1) is 0 Å². The fourth-order valence-corrected chi connectivity index (χ4v) is 4.79. The topological polar surface area (TPSA) is 21.3 Å². The van der Waals surface area contributed by atoms with Crippen molar-refractivity contribution in [2.24, 2.45) is 0 Å². The average molecular weight is 330 g/mol. The normalized spacial score (nSPS) is 20.1. The lowest BCUT2D eigenvalue weighted by atomic mass is 9.84. The largest absolute Gasteiger partial charge is 0.373 e. The van der Waals surface area contributed by atoms with E-state index in [1.165, 1.54) is 30.6 Å². The van der Waals surface area contributed by atoms with Crippen molar-refractivity contribution in [1.82, 2.24) is 5.32 Å². The molecule has 0 bridgehead atoms. The molecule has 1 N–H and O–H groups in total. The molecule has 1 heterocycles. The molecule has 1 fully saturated rings. The van der Waals surface area contributed by atoms with E-state index in [2.05, 4.69) is 24.5 Å². The van der Waals surface area contributed by atoms with E-state index in [1.54, 1.807) is 11.3 Å². The Hall–Kier alpha value is -0.0900. The van der Waals surface area contributed by atoms with E-state index in [0.717, 1.165) is 37.4 Å². The van der Waals surface area contributed by atoms with E-state index in [4.69, 9.17) is 16.3 Å². The Bertz CT molecular complexity index is 413. The van der Waals surface area contributed by atoms with Gasteiger partial charge in [0.1, 0.15) is 0 Å². The zero-order valence-electron chi connectivity index (χ0n) is 13.3. The van der Waals surface area contributed by atoms with Gasteiger partial charge >= 0.3 is 0 Å². The molecule has 0 amide bonds. The smallest absolute Gasteiger partial charge is 0.0884 e. The third-order valence-electron chi connectivity index (χ3n) is 4.41. The summed E-state index contributed by atoms with van der Waals surface area (Å²) in [5.41, 5.74) is -0.0884. The maximum atomic E-state index is 6.45. The molecule has 0 saturated heterocycles. The first-order chi connectivity index (χ1) is 10.2. The highest BCUT2D eigenvalue weighted by molar-refractivity contribution is 7.10. The molecule has 2 rings (SSSR count). The summed E-state index contributed by atoms with van der Waals surface area (Å²) >= 11 is 8.21. The Labute approximate surface area is 138 Å². The number of ether oxygens (including phenoxy) is 1. The van der Waals surface area contributed by atoms with E-state index >= 15 is 0 Å². The van der Waals surface area contributed by atoms with Gasteiger partial charge in [0, 0.05) is 11.5 Å². The first-order valence-electron chi connectivity index (χ1n) is 8.33. The van der Waals surface area contributed by atoms with Crippen molar-refractivity contribution < 1.29 is 4.74 Å². The molecular weight excluding hydrogens is 302 g/mol. The van der Waals surface area contributed by atoms with Gasteiger partial charge in [-0.25, -0.2) is 0 Å². The third kappa shape index (κ3) is 4.22. The molecule has 0 aliphatic heterocycles. The highest BCUT2D eigenvalue weighted by Crippen LogP contribution is 2.44. The molecule has 0 spiro atoms. The van der Waals surface area contributed by atoms with Crippen LogP contribution in [0.25, 0.3) is 0 Å². The van der Waals surface area contributed by atoms with Crippen molar-refractivity contribution in [2.45, 2.75) is 70.4 Å². The van der Waals surface area contributed by atoms with E-state index in [0.29, 0.717) is 0 Å². The SMILES string of the molecule is CCCNC(c1sccc1Cl)C1(OCC)CCCCCC1. The zero-order chi connectivity index (χ0) is 15.1. The molecule has 120 valence electrons. The number of rotatable bonds is 7. The molecule has 1 aliphatic rings. The lowest BCUT2D eigenvalue weighted by molar-refractivity contribution is -0.0773. The number of thiophene rings is 1. The van der Waals surface area contributed by atoms with Crippen LogP contribution in [0.1, 0.15) is 69.7 Å². The second-order valence-corrected chi connectivity index (χ2v) is 7.29. The fourth-order valence-electron chi connectivity index (χ4n) is 3.45. The molecule has 21 heavy (non-hydrogen) atoms. The fraction of sp³-hybridized carbons (Fsp3) is 0.765. The summed E-state index contributed by atoms with van der Waals surface area (Å²) in [6, 6.07) is 2.24. The molecule has 1 unspecified atom stereocenters. The van der Waals surface area contributed by atoms with Crippen molar-refractivity contribution in [3.05, 3.63) is 21.3 Å². The second-order valence-electron chi connectivity index (χ2n) is 5.93. The molecule has 2 nitrogen and oxygen atoms in total. The summed E-state index contributed by atoms with van der Waals surface area (Å²) < 4.78 is 6.37. The summed E-state index contributed by atoms with van der Waals surface area (Å²) in [5, 5.41) is 6.71. The maximum Gasteiger partial charge on any atom is 0.0884 e. The van der Waals surface area contributed by atoms with E-state index in [-0.39, 0.29) is 11.6 Å². The van der Waals surface area contributed by atoms with Crippen LogP contribution >= 0.6 is 22.9 Å². The van der Waals surface area contributed by atoms with Gasteiger partial charge in [-0.05, 0) is 44.2 Å². The first-order valence-corrected chi connectivity index (χ1v) is 9.59. The molecule has 1 atom stereocenters. The minimum atomic E-state index is -0.0884. The van der Waals surface area contributed by atoms with Gasteiger partial charge in [-0.15, -0.1) is 11.3 Å². The van der Waals surface area contributed by atoms with Crippen molar-refractivity contribution in [2.75, 3.05) is 13.2 Å². The molecule has 1 aromatic heterocycles. The van der Waals surface area contributed by atoms with E-state index < -0.39 is 0 Å². The lowest BCUT2D eigenvalue weighted by Crippen LogP contribution is -2.46. The predicted molar refractivity (Wildman–Crippen MR) is 92.4 cm³/mol. The Kier molecular flexibility index (Phi) is 7.00. The predicted octanol–water partition coefficient (Wildman–Crippen LogP) is 5.57. The van der Waals surface area contributed by atoms with Crippen LogP contribution in [-0.4, -0.2) is 18.8 Å². The molecule has 1 aromatic rings. The van der Waals surface area contributed by atoms with E-state index in [1.807, 2.05) is 6.07 Å². The van der Waals surface area contributed by atoms with Gasteiger partial charge in [-0.3, -0.25) is 0 Å². The van der Waals surface area contributed by atoms with Crippen LogP contribution in [0.5, 0.6) is 0 Å². The van der Waals surface area contributed by atoms with Crippen molar-refractivity contribution in [1.29, 1.82) is 0 Å². The summed E-state index contributed by atoms with van der Waals surface area (Å²) in [7, 11) is 0. The van der Waals surface area contributed by atoms with Gasteiger partial charge in [0.15, 0.2) is 0 Å². The summed E-state index contributed by atoms with van der Waals surface area (Å²) in [5.74, 6) is 0. The van der Waals surface area contributed by atoms with Crippen molar-refractivity contribution in [3.63, 3.8) is 0 Å². The van der Waals surface area contributed by atoms with Gasteiger partial charge < -0.3 is 10.1 Å². The van der Waals surface area contributed by atoms with Gasteiger partial charge in [0.25, 0.3) is 0 Å². The Morgan fingerprint density at radius 2 is 2.00 bits per heavy atom. The van der Waals surface area contributed by atoms with Crippen molar-refractivity contribution in [3.8, 4) is 0 Å². The quantitative estimate of drug-likeness (QED) is 0.660. The van der Waals surface area contributed by atoms with Crippen LogP contribution in [0.2, 0.25) is 5.02 Å². The molecule has 1 saturated carbocycles. The molecule has 0 radical (unpaired) electrons. The average Bonchev–Trinajstić information content (AvgIpc) is 2.75. The minimum absolute atomic E-state index is 0.0884. The monoisotopic (exact) mass is 329 g/mol. The van der Waals surface area contributed by atoms with Crippen LogP contribution in [0.15, 0.2) is 11.4 Å². The van der Waals surface area contributed by atoms with Crippen LogP contribution in [0.4, 0.5) is 0 Å². The van der Waals surface area contributed by atoms with Crippen LogP contribution in [0.3, 0.4) is 0 Å². The van der Waals surface area contributed by atoms with Gasteiger partial charge in [0.2, 0.25) is 0 Å². The Balaban J connectivity index is 2.31. The highest BCUT2D eigenvalue weighted by Gasteiger charge is 2.41. The van der Waals surface area contributed by atoms with Gasteiger partial charge in [-0.2, -0.15) is 0 Å².